The SMILES string of the molecule is CCC(N=C(N)N[N+](=O)[O-])[C@H](NC(=O)[C@@H](C)CC)C(=O)N[C@@H](CC(C)C)B(O)O. The maximum absolute atomic E-state index is 12.9. The van der Waals surface area contributed by atoms with Crippen LogP contribution in [0.1, 0.15) is 53.9 Å². The van der Waals surface area contributed by atoms with Gasteiger partial charge in [-0.25, -0.2) is 15.1 Å². The lowest BCUT2D eigenvalue weighted by Gasteiger charge is -2.28. The van der Waals surface area contributed by atoms with Crippen molar-refractivity contribution in [2.75, 3.05) is 0 Å². The van der Waals surface area contributed by atoms with E-state index >= 15 is 0 Å². The highest BCUT2D eigenvalue weighted by Gasteiger charge is 2.34. The molecule has 29 heavy (non-hydrogen) atoms. The van der Waals surface area contributed by atoms with Gasteiger partial charge < -0.3 is 26.4 Å². The molecule has 0 aliphatic heterocycles. The molecule has 1 unspecified atom stereocenters. The Bertz CT molecular complexity index is 588. The van der Waals surface area contributed by atoms with Gasteiger partial charge in [0.15, 0.2) is 5.03 Å². The largest absolute Gasteiger partial charge is 0.475 e. The van der Waals surface area contributed by atoms with Crippen LogP contribution >= 0.6 is 0 Å². The number of nitrogens with two attached hydrogens (primary N) is 1. The molecule has 0 saturated heterocycles. The minimum absolute atomic E-state index is 0.0650. The van der Waals surface area contributed by atoms with Gasteiger partial charge in [0.2, 0.25) is 11.8 Å². The number of carbonyl (C=O) groups is 2. The molecule has 0 aliphatic carbocycles. The van der Waals surface area contributed by atoms with Gasteiger partial charge in [-0.1, -0.05) is 40.0 Å². The van der Waals surface area contributed by atoms with E-state index < -0.39 is 47.9 Å². The molecule has 13 heteroatoms. The van der Waals surface area contributed by atoms with Gasteiger partial charge in [0, 0.05) is 5.92 Å². The lowest BCUT2D eigenvalue weighted by Crippen LogP contribution is -2.58. The predicted molar refractivity (Wildman–Crippen MR) is 109 cm³/mol. The molecule has 0 aliphatic rings. The Kier molecular flexibility index (Phi) is 11.9. The van der Waals surface area contributed by atoms with Crippen LogP contribution in [0.3, 0.4) is 0 Å². The third-order valence-corrected chi connectivity index (χ3v) is 4.37. The number of aliphatic imine (C=N–C) groups is 1. The van der Waals surface area contributed by atoms with E-state index in [9.17, 15) is 29.8 Å². The van der Waals surface area contributed by atoms with Gasteiger partial charge in [-0.2, -0.15) is 0 Å². The Morgan fingerprint density at radius 3 is 2.14 bits per heavy atom. The number of rotatable bonds is 12. The van der Waals surface area contributed by atoms with Crippen LogP contribution in [0.4, 0.5) is 0 Å². The van der Waals surface area contributed by atoms with Crippen LogP contribution in [-0.2, 0) is 9.59 Å². The first-order chi connectivity index (χ1) is 13.4. The monoisotopic (exact) mass is 416 g/mol. The second kappa shape index (κ2) is 12.9. The van der Waals surface area contributed by atoms with Gasteiger partial charge >= 0.3 is 7.12 Å². The molecule has 166 valence electrons. The smallest absolute Gasteiger partial charge is 0.426 e. The van der Waals surface area contributed by atoms with Gasteiger partial charge in [0.1, 0.15) is 6.04 Å². The summed E-state index contributed by atoms with van der Waals surface area (Å²) in [5.74, 6) is -2.87. The third-order valence-electron chi connectivity index (χ3n) is 4.37. The summed E-state index contributed by atoms with van der Waals surface area (Å²) in [5, 5.41) is 33.9. The number of hydrogen-bond acceptors (Lipinski definition) is 7. The zero-order valence-electron chi connectivity index (χ0n) is 17.6. The highest BCUT2D eigenvalue weighted by atomic mass is 16.7. The maximum Gasteiger partial charge on any atom is 0.475 e. The first kappa shape index (κ1) is 26.6. The summed E-state index contributed by atoms with van der Waals surface area (Å²) < 4.78 is 0. The molecule has 0 bridgehead atoms. The Morgan fingerprint density at radius 2 is 1.72 bits per heavy atom. The second-order valence-electron chi connectivity index (χ2n) is 7.31. The summed E-state index contributed by atoms with van der Waals surface area (Å²) in [7, 11) is -1.79. The van der Waals surface area contributed by atoms with Crippen molar-refractivity contribution in [1.29, 1.82) is 0 Å². The van der Waals surface area contributed by atoms with Crippen molar-refractivity contribution in [2.45, 2.75) is 71.9 Å². The first-order valence-electron chi connectivity index (χ1n) is 9.63. The molecule has 0 heterocycles. The fraction of sp³-hybridized carbons (Fsp3) is 0.812. The minimum atomic E-state index is -1.79. The van der Waals surface area contributed by atoms with Crippen molar-refractivity contribution in [3.8, 4) is 0 Å². The molecule has 0 fully saturated rings. The van der Waals surface area contributed by atoms with E-state index in [0.29, 0.717) is 12.8 Å². The number of carbonyl (C=O) groups excluding carboxylic acids is 2. The summed E-state index contributed by atoms with van der Waals surface area (Å²) in [5.41, 5.74) is 7.19. The predicted octanol–water partition coefficient (Wildman–Crippen LogP) is -1.07. The van der Waals surface area contributed by atoms with Gasteiger partial charge in [-0.3, -0.25) is 9.59 Å². The van der Waals surface area contributed by atoms with E-state index in [0.717, 1.165) is 0 Å². The number of hydrazine groups is 1. The van der Waals surface area contributed by atoms with Gasteiger partial charge in [0.25, 0.3) is 5.96 Å². The summed E-state index contributed by atoms with van der Waals surface area (Å²) >= 11 is 0. The number of hydrogen-bond donors (Lipinski definition) is 6. The Hall–Kier alpha value is -2.41. The Balaban J connectivity index is 5.72. The molecular weight excluding hydrogens is 383 g/mol. The quantitative estimate of drug-likeness (QED) is 0.0761. The second-order valence-corrected chi connectivity index (χ2v) is 7.31. The van der Waals surface area contributed by atoms with Gasteiger partial charge in [-0.15, -0.1) is 0 Å². The summed E-state index contributed by atoms with van der Waals surface area (Å²) in [6.07, 6.45) is 1.06. The van der Waals surface area contributed by atoms with Crippen LogP contribution in [0.2, 0.25) is 0 Å². The van der Waals surface area contributed by atoms with Crippen molar-refractivity contribution < 1.29 is 24.7 Å². The van der Waals surface area contributed by atoms with Crippen molar-refractivity contribution >= 4 is 24.9 Å². The van der Waals surface area contributed by atoms with Crippen LogP contribution in [0.15, 0.2) is 4.99 Å². The van der Waals surface area contributed by atoms with E-state index in [1.54, 1.807) is 19.3 Å². The fourth-order valence-electron chi connectivity index (χ4n) is 2.56. The topological polar surface area (TPSA) is 192 Å². The highest BCUT2D eigenvalue weighted by Crippen LogP contribution is 2.11. The third kappa shape index (κ3) is 10.1. The number of nitrogens with zero attached hydrogens (tertiary/aromatic N) is 2. The van der Waals surface area contributed by atoms with Crippen molar-refractivity contribution in [1.82, 2.24) is 16.1 Å². The van der Waals surface area contributed by atoms with Crippen LogP contribution in [0.5, 0.6) is 0 Å². The Morgan fingerprint density at radius 1 is 1.14 bits per heavy atom. The van der Waals surface area contributed by atoms with E-state index in [1.807, 2.05) is 20.8 Å². The molecule has 0 saturated carbocycles. The molecule has 7 N–H and O–H groups in total. The van der Waals surface area contributed by atoms with Crippen LogP contribution < -0.4 is 21.8 Å². The molecule has 0 rings (SSSR count). The minimum Gasteiger partial charge on any atom is -0.426 e. The van der Waals surface area contributed by atoms with E-state index in [4.69, 9.17) is 5.73 Å². The zero-order chi connectivity index (χ0) is 22.7. The molecule has 12 nitrogen and oxygen atoms in total. The van der Waals surface area contributed by atoms with Crippen LogP contribution in [0, 0.1) is 22.0 Å². The van der Waals surface area contributed by atoms with Crippen molar-refractivity contribution in [3.63, 3.8) is 0 Å². The molecule has 0 aromatic rings. The number of nitro groups is 1. The normalized spacial score (nSPS) is 15.8. The average molecular weight is 416 g/mol. The lowest BCUT2D eigenvalue weighted by molar-refractivity contribution is -0.525. The van der Waals surface area contributed by atoms with Crippen LogP contribution in [-0.4, -0.2) is 58.0 Å². The summed E-state index contributed by atoms with van der Waals surface area (Å²) in [6, 6.07) is -2.12. The molecule has 0 aromatic heterocycles. The van der Waals surface area contributed by atoms with E-state index in [2.05, 4.69) is 15.6 Å². The average Bonchev–Trinajstić information content (AvgIpc) is 2.61. The van der Waals surface area contributed by atoms with Crippen LogP contribution in [0.25, 0.3) is 0 Å². The lowest BCUT2D eigenvalue weighted by atomic mass is 9.75. The van der Waals surface area contributed by atoms with Crippen molar-refractivity contribution in [3.05, 3.63) is 10.1 Å². The van der Waals surface area contributed by atoms with Gasteiger partial charge in [0.05, 0.1) is 12.0 Å². The number of nitrogens with one attached hydrogen (secondary N) is 3. The molecule has 0 radical (unpaired) electrons. The molecular formula is C16H33BN6O6. The Labute approximate surface area is 171 Å². The van der Waals surface area contributed by atoms with Gasteiger partial charge in [-0.05, 0) is 25.2 Å². The van der Waals surface area contributed by atoms with E-state index in [1.165, 1.54) is 0 Å². The molecule has 0 spiro atoms. The van der Waals surface area contributed by atoms with Crippen molar-refractivity contribution in [2.24, 2.45) is 22.6 Å². The first-order valence-corrected chi connectivity index (χ1v) is 9.63. The molecule has 4 atom stereocenters. The molecule has 2 amide bonds. The fourth-order valence-corrected chi connectivity index (χ4v) is 2.56. The number of amides is 2. The zero-order valence-corrected chi connectivity index (χ0v) is 17.6. The summed E-state index contributed by atoms with van der Waals surface area (Å²) in [6.45, 7) is 8.89. The molecule has 0 aromatic carbocycles. The standard InChI is InChI=1S/C16H33BN6O6/c1-6-10(5)14(24)21-13(11(7-2)19-16(18)22-23(28)29)15(25)20-12(17(26)27)8-9(3)4/h9-13,26-27H,6-8H2,1-5H3,(H,20,25)(H,21,24)(H3,18,19,22)/t10-,11?,12-,13-/m0/s1. The van der Waals surface area contributed by atoms with E-state index in [-0.39, 0.29) is 18.3 Å². The highest BCUT2D eigenvalue weighted by molar-refractivity contribution is 6.43. The summed E-state index contributed by atoms with van der Waals surface area (Å²) in [4.78, 5) is 39.7. The number of guanidine groups is 1. The maximum atomic E-state index is 12.9.